The molecule has 0 atom stereocenters. The van der Waals surface area contributed by atoms with Crippen LogP contribution in [0.2, 0.25) is 5.02 Å². The van der Waals surface area contributed by atoms with Crippen LogP contribution in [0.5, 0.6) is 5.75 Å². The smallest absolute Gasteiger partial charge is 0.289 e. The maximum absolute atomic E-state index is 12.2. The summed E-state index contributed by atoms with van der Waals surface area (Å²) in [5, 5.41) is 20.8. The van der Waals surface area contributed by atoms with Gasteiger partial charge in [0.05, 0.1) is 11.4 Å². The lowest BCUT2D eigenvalue weighted by molar-refractivity contribution is 0.0950. The van der Waals surface area contributed by atoms with Crippen molar-refractivity contribution < 1.29 is 9.90 Å². The highest BCUT2D eigenvalue weighted by atomic mass is 35.5. The molecule has 0 aliphatic carbocycles. The molecule has 0 aliphatic heterocycles. The summed E-state index contributed by atoms with van der Waals surface area (Å²) in [6.45, 7) is 1.76. The first-order valence-corrected chi connectivity index (χ1v) is 7.86. The van der Waals surface area contributed by atoms with E-state index >= 15 is 0 Å². The summed E-state index contributed by atoms with van der Waals surface area (Å²) in [5.74, 6) is -0.224. The van der Waals surface area contributed by atoms with E-state index in [-0.39, 0.29) is 5.75 Å². The van der Waals surface area contributed by atoms with Crippen molar-refractivity contribution in [1.82, 2.24) is 15.6 Å². The van der Waals surface area contributed by atoms with Crippen LogP contribution in [0.3, 0.4) is 0 Å². The Morgan fingerprint density at radius 2 is 1.84 bits per heavy atom. The number of hydrogen-bond acceptors (Lipinski definition) is 4. The van der Waals surface area contributed by atoms with Crippen molar-refractivity contribution >= 4 is 23.2 Å². The standard InChI is InChI=1S/C18H15ClN4O2/c1-11(12-4-8-15(24)9-5-12)20-23-18(25)17-10-16(21-22-17)13-2-6-14(19)7-3-13/h2-10,24H,1H3,(H,21,22)(H,23,25). The van der Waals surface area contributed by atoms with Crippen molar-refractivity contribution in [2.45, 2.75) is 6.92 Å². The quantitative estimate of drug-likeness (QED) is 0.494. The molecule has 2 aromatic carbocycles. The molecule has 25 heavy (non-hydrogen) atoms. The number of aromatic amines is 1. The molecule has 0 radical (unpaired) electrons. The molecule has 1 amide bonds. The Bertz CT molecular complexity index is 915. The Labute approximate surface area is 149 Å². The number of phenols is 1. The van der Waals surface area contributed by atoms with E-state index in [1.165, 1.54) is 0 Å². The van der Waals surface area contributed by atoms with Crippen LogP contribution in [0.4, 0.5) is 0 Å². The highest BCUT2D eigenvalue weighted by Gasteiger charge is 2.11. The van der Waals surface area contributed by atoms with Crippen LogP contribution in [-0.4, -0.2) is 26.9 Å². The molecule has 6 nitrogen and oxygen atoms in total. The number of carbonyl (C=O) groups is 1. The zero-order chi connectivity index (χ0) is 17.8. The van der Waals surface area contributed by atoms with E-state index in [9.17, 15) is 9.90 Å². The third-order valence-corrected chi connectivity index (χ3v) is 3.82. The van der Waals surface area contributed by atoms with Gasteiger partial charge in [-0.05, 0) is 55.0 Å². The number of carbonyl (C=O) groups excluding carboxylic acids is 1. The molecular formula is C18H15ClN4O2. The van der Waals surface area contributed by atoms with Crippen molar-refractivity contribution in [3.05, 3.63) is 70.9 Å². The molecule has 0 aliphatic rings. The number of nitrogens with zero attached hydrogens (tertiary/aromatic N) is 2. The van der Waals surface area contributed by atoms with Crippen molar-refractivity contribution in [3.63, 3.8) is 0 Å². The highest BCUT2D eigenvalue weighted by Crippen LogP contribution is 2.20. The van der Waals surface area contributed by atoms with E-state index in [2.05, 4.69) is 20.7 Å². The Balaban J connectivity index is 1.70. The van der Waals surface area contributed by atoms with Crippen LogP contribution in [0.15, 0.2) is 59.7 Å². The summed E-state index contributed by atoms with van der Waals surface area (Å²) < 4.78 is 0. The van der Waals surface area contributed by atoms with E-state index in [0.29, 0.717) is 22.1 Å². The fourth-order valence-corrected chi connectivity index (χ4v) is 2.29. The van der Waals surface area contributed by atoms with Gasteiger partial charge in [-0.3, -0.25) is 9.89 Å². The SMILES string of the molecule is CC(=NNC(=O)c1cc(-c2ccc(Cl)cc2)n[nH]1)c1ccc(O)cc1. The Hall–Kier alpha value is -3.12. The fraction of sp³-hybridized carbons (Fsp3) is 0.0556. The Morgan fingerprint density at radius 1 is 1.16 bits per heavy atom. The van der Waals surface area contributed by atoms with Gasteiger partial charge in [0.15, 0.2) is 0 Å². The third kappa shape index (κ3) is 4.05. The molecular weight excluding hydrogens is 340 g/mol. The summed E-state index contributed by atoms with van der Waals surface area (Å²) in [5.41, 5.74) is 5.68. The lowest BCUT2D eigenvalue weighted by atomic mass is 10.1. The average Bonchev–Trinajstić information content (AvgIpc) is 3.11. The minimum absolute atomic E-state index is 0.174. The number of hydrogen-bond donors (Lipinski definition) is 3. The topological polar surface area (TPSA) is 90.4 Å². The van der Waals surface area contributed by atoms with Gasteiger partial charge in [-0.1, -0.05) is 23.7 Å². The number of aromatic hydroxyl groups is 1. The Morgan fingerprint density at radius 3 is 2.52 bits per heavy atom. The summed E-state index contributed by atoms with van der Waals surface area (Å²) in [6.07, 6.45) is 0. The molecule has 0 unspecified atom stereocenters. The van der Waals surface area contributed by atoms with Gasteiger partial charge in [-0.15, -0.1) is 0 Å². The number of phenolic OH excluding ortho intramolecular Hbond substituents is 1. The van der Waals surface area contributed by atoms with Gasteiger partial charge in [0.1, 0.15) is 11.4 Å². The molecule has 0 saturated heterocycles. The zero-order valence-corrected chi connectivity index (χ0v) is 14.1. The second kappa shape index (κ2) is 7.19. The van der Waals surface area contributed by atoms with Gasteiger partial charge < -0.3 is 5.11 Å². The predicted molar refractivity (Wildman–Crippen MR) is 96.8 cm³/mol. The van der Waals surface area contributed by atoms with E-state index in [4.69, 9.17) is 11.6 Å². The first-order valence-electron chi connectivity index (χ1n) is 7.48. The number of aromatic nitrogens is 2. The molecule has 126 valence electrons. The first-order chi connectivity index (χ1) is 12.0. The van der Waals surface area contributed by atoms with Crippen LogP contribution < -0.4 is 5.43 Å². The van der Waals surface area contributed by atoms with Crippen molar-refractivity contribution in [2.75, 3.05) is 0 Å². The zero-order valence-electron chi connectivity index (χ0n) is 13.3. The van der Waals surface area contributed by atoms with Crippen molar-refractivity contribution in [1.29, 1.82) is 0 Å². The van der Waals surface area contributed by atoms with Crippen molar-refractivity contribution in [3.8, 4) is 17.0 Å². The van der Waals surface area contributed by atoms with Crippen LogP contribution in [0.1, 0.15) is 23.0 Å². The highest BCUT2D eigenvalue weighted by molar-refractivity contribution is 6.30. The van der Waals surface area contributed by atoms with Crippen LogP contribution in [0, 0.1) is 0 Å². The molecule has 3 aromatic rings. The van der Waals surface area contributed by atoms with Gasteiger partial charge >= 0.3 is 0 Å². The Kier molecular flexibility index (Phi) is 4.81. The number of nitrogens with one attached hydrogen (secondary N) is 2. The number of rotatable bonds is 4. The van der Waals surface area contributed by atoms with Gasteiger partial charge in [0, 0.05) is 10.6 Å². The van der Waals surface area contributed by atoms with Gasteiger partial charge in [-0.2, -0.15) is 10.2 Å². The van der Waals surface area contributed by atoms with E-state index in [1.54, 1.807) is 49.4 Å². The molecule has 0 saturated carbocycles. The maximum atomic E-state index is 12.2. The minimum Gasteiger partial charge on any atom is -0.508 e. The predicted octanol–water partition coefficient (Wildman–Crippen LogP) is 3.59. The molecule has 1 aromatic heterocycles. The molecule has 7 heteroatoms. The molecule has 1 heterocycles. The maximum Gasteiger partial charge on any atom is 0.289 e. The summed E-state index contributed by atoms with van der Waals surface area (Å²) >= 11 is 5.86. The van der Waals surface area contributed by atoms with Gasteiger partial charge in [-0.25, -0.2) is 5.43 Å². The van der Waals surface area contributed by atoms with Crippen molar-refractivity contribution in [2.24, 2.45) is 5.10 Å². The number of H-pyrrole nitrogens is 1. The van der Waals surface area contributed by atoms with Gasteiger partial charge in [0.2, 0.25) is 0 Å². The minimum atomic E-state index is -0.397. The van der Waals surface area contributed by atoms with Crippen LogP contribution in [-0.2, 0) is 0 Å². The first kappa shape index (κ1) is 16.7. The second-order valence-corrected chi connectivity index (χ2v) is 5.80. The van der Waals surface area contributed by atoms with E-state index in [1.807, 2.05) is 12.1 Å². The largest absolute Gasteiger partial charge is 0.508 e. The summed E-state index contributed by atoms with van der Waals surface area (Å²) in [7, 11) is 0. The molecule has 3 N–H and O–H groups in total. The second-order valence-electron chi connectivity index (χ2n) is 5.36. The number of benzene rings is 2. The lowest BCUT2D eigenvalue weighted by Gasteiger charge is -2.02. The molecule has 3 rings (SSSR count). The third-order valence-electron chi connectivity index (χ3n) is 3.57. The number of halogens is 1. The van der Waals surface area contributed by atoms with Crippen LogP contribution >= 0.6 is 11.6 Å². The average molecular weight is 355 g/mol. The normalized spacial score (nSPS) is 11.4. The fourth-order valence-electron chi connectivity index (χ4n) is 2.17. The van der Waals surface area contributed by atoms with E-state index < -0.39 is 5.91 Å². The van der Waals surface area contributed by atoms with Crippen LogP contribution in [0.25, 0.3) is 11.3 Å². The summed E-state index contributed by atoms with van der Waals surface area (Å²) in [4.78, 5) is 12.2. The lowest BCUT2D eigenvalue weighted by Crippen LogP contribution is -2.19. The number of hydrazone groups is 1. The molecule has 0 fully saturated rings. The van der Waals surface area contributed by atoms with E-state index in [0.717, 1.165) is 11.1 Å². The van der Waals surface area contributed by atoms with Gasteiger partial charge in [0.25, 0.3) is 5.91 Å². The molecule has 0 bridgehead atoms. The molecule has 0 spiro atoms. The monoisotopic (exact) mass is 354 g/mol. The summed E-state index contributed by atoms with van der Waals surface area (Å²) in [6, 6.07) is 15.4. The number of amides is 1.